The van der Waals surface area contributed by atoms with Gasteiger partial charge in [-0.1, -0.05) is 35.1 Å². The van der Waals surface area contributed by atoms with Crippen molar-refractivity contribution in [1.82, 2.24) is 19.9 Å². The maximum absolute atomic E-state index is 12.5. The highest BCUT2D eigenvalue weighted by Gasteiger charge is 2.24. The third-order valence-corrected chi connectivity index (χ3v) is 5.40. The van der Waals surface area contributed by atoms with Gasteiger partial charge in [0.05, 0.1) is 12.4 Å². The van der Waals surface area contributed by atoms with Gasteiger partial charge < -0.3 is 19.3 Å². The quantitative estimate of drug-likeness (QED) is 0.370. The van der Waals surface area contributed by atoms with Gasteiger partial charge in [-0.25, -0.2) is 0 Å². The number of aromatic nitrogens is 4. The van der Waals surface area contributed by atoms with Crippen molar-refractivity contribution >= 4 is 23.5 Å². The van der Waals surface area contributed by atoms with Gasteiger partial charge in [0.25, 0.3) is 0 Å². The molecule has 0 aliphatic heterocycles. The summed E-state index contributed by atoms with van der Waals surface area (Å²) in [6.07, 6.45) is 1.34. The molecule has 3 rings (SSSR count). The van der Waals surface area contributed by atoms with Crippen molar-refractivity contribution in [2.45, 2.75) is 43.8 Å². The monoisotopic (exact) mass is 443 g/mol. The molecule has 1 amide bonds. The van der Waals surface area contributed by atoms with E-state index >= 15 is 0 Å². The molecule has 9 nitrogen and oxygen atoms in total. The van der Waals surface area contributed by atoms with Crippen molar-refractivity contribution in [3.63, 3.8) is 0 Å². The fourth-order valence-corrected chi connectivity index (χ4v) is 3.68. The molecule has 3 aromatic rings. The molecule has 0 spiro atoms. The molecule has 0 radical (unpaired) electrons. The number of carbonyl (C=O) groups is 1. The third kappa shape index (κ3) is 5.46. The Bertz CT molecular complexity index is 1050. The van der Waals surface area contributed by atoms with Crippen LogP contribution in [0.5, 0.6) is 11.5 Å². The van der Waals surface area contributed by atoms with Crippen LogP contribution in [0.1, 0.15) is 31.5 Å². The van der Waals surface area contributed by atoms with E-state index in [1.807, 2.05) is 35.8 Å². The zero-order valence-electron chi connectivity index (χ0n) is 17.9. The van der Waals surface area contributed by atoms with Gasteiger partial charge in [0.1, 0.15) is 5.76 Å². The highest BCUT2D eigenvalue weighted by molar-refractivity contribution is 8.00. The fourth-order valence-electron chi connectivity index (χ4n) is 2.81. The first kappa shape index (κ1) is 22.4. The number of rotatable bonds is 10. The van der Waals surface area contributed by atoms with Gasteiger partial charge in [-0.05, 0) is 32.9 Å². The number of thioether (sulfide) groups is 1. The second-order valence-corrected chi connectivity index (χ2v) is 8.03. The van der Waals surface area contributed by atoms with Crippen molar-refractivity contribution in [3.05, 3.63) is 54.6 Å². The number of anilines is 1. The molecule has 10 heteroatoms. The lowest BCUT2D eigenvalue weighted by Gasteiger charge is -2.17. The maximum atomic E-state index is 12.5. The van der Waals surface area contributed by atoms with Crippen molar-refractivity contribution in [3.8, 4) is 11.5 Å². The first-order chi connectivity index (χ1) is 14.9. The van der Waals surface area contributed by atoms with Crippen molar-refractivity contribution < 1.29 is 18.8 Å². The number of aryl methyl sites for hydroxylation is 1. The smallest absolute Gasteiger partial charge is 0.238 e. The van der Waals surface area contributed by atoms with E-state index in [9.17, 15) is 4.79 Å². The lowest BCUT2D eigenvalue weighted by molar-refractivity contribution is -0.115. The Hall–Kier alpha value is -3.27. The van der Waals surface area contributed by atoms with Gasteiger partial charge in [0, 0.05) is 12.6 Å². The van der Waals surface area contributed by atoms with E-state index in [0.29, 0.717) is 40.6 Å². The molecule has 2 aromatic heterocycles. The summed E-state index contributed by atoms with van der Waals surface area (Å²) in [7, 11) is 1.59. The first-order valence-corrected chi connectivity index (χ1v) is 10.6. The third-order valence-electron chi connectivity index (χ3n) is 4.32. The Kier molecular flexibility index (Phi) is 7.35. The summed E-state index contributed by atoms with van der Waals surface area (Å²) >= 11 is 1.29. The van der Waals surface area contributed by atoms with E-state index in [1.165, 1.54) is 11.8 Å². The molecule has 1 N–H and O–H groups in total. The summed E-state index contributed by atoms with van der Waals surface area (Å²) in [6, 6.07) is 9.06. The summed E-state index contributed by atoms with van der Waals surface area (Å²) in [5.74, 6) is 2.64. The highest BCUT2D eigenvalue weighted by atomic mass is 32.2. The van der Waals surface area contributed by atoms with Gasteiger partial charge in [0.2, 0.25) is 5.91 Å². The molecule has 31 heavy (non-hydrogen) atoms. The minimum atomic E-state index is -0.442. The molecule has 0 fully saturated rings. The van der Waals surface area contributed by atoms with Crippen LogP contribution in [0.25, 0.3) is 0 Å². The Morgan fingerprint density at radius 3 is 2.71 bits per heavy atom. The van der Waals surface area contributed by atoms with Crippen LogP contribution in [0, 0.1) is 6.92 Å². The number of hydrogen-bond donors (Lipinski definition) is 1. The molecule has 0 saturated heterocycles. The van der Waals surface area contributed by atoms with E-state index in [2.05, 4.69) is 27.2 Å². The molecule has 2 heterocycles. The van der Waals surface area contributed by atoms with Gasteiger partial charge >= 0.3 is 0 Å². The predicted octanol–water partition coefficient (Wildman–Crippen LogP) is 4.03. The summed E-state index contributed by atoms with van der Waals surface area (Å²) in [4.78, 5) is 12.5. The molecule has 0 bridgehead atoms. The number of amides is 1. The average Bonchev–Trinajstić information content (AvgIpc) is 3.34. The molecule has 0 saturated carbocycles. The molecular weight excluding hydrogens is 418 g/mol. The Morgan fingerprint density at radius 2 is 2.06 bits per heavy atom. The van der Waals surface area contributed by atoms with Gasteiger partial charge in [0.15, 0.2) is 34.4 Å². The van der Waals surface area contributed by atoms with E-state index in [4.69, 9.17) is 14.0 Å². The largest absolute Gasteiger partial charge is 0.493 e. The van der Waals surface area contributed by atoms with Gasteiger partial charge in [-0.15, -0.1) is 16.8 Å². The summed E-state index contributed by atoms with van der Waals surface area (Å²) in [6.45, 7) is 9.72. The van der Waals surface area contributed by atoms with Crippen LogP contribution in [-0.2, 0) is 11.3 Å². The first-order valence-electron chi connectivity index (χ1n) is 9.67. The highest BCUT2D eigenvalue weighted by Crippen LogP contribution is 2.32. The zero-order chi connectivity index (χ0) is 22.4. The molecule has 0 aliphatic carbocycles. The Balaban J connectivity index is 1.74. The molecule has 0 aliphatic rings. The molecule has 2 atom stereocenters. The normalized spacial score (nSPS) is 12.8. The van der Waals surface area contributed by atoms with Crippen LogP contribution in [0.3, 0.4) is 0 Å². The van der Waals surface area contributed by atoms with Crippen LogP contribution in [0.15, 0.2) is 52.7 Å². The molecule has 1 aromatic carbocycles. The van der Waals surface area contributed by atoms with Crippen molar-refractivity contribution in [2.75, 3.05) is 12.4 Å². The van der Waals surface area contributed by atoms with Crippen LogP contribution >= 0.6 is 11.8 Å². The lowest BCUT2D eigenvalue weighted by atomic mass is 10.3. The van der Waals surface area contributed by atoms with Crippen LogP contribution in [0.2, 0.25) is 0 Å². The fraction of sp³-hybridized carbons (Fsp3) is 0.333. The number of hydrogen-bond acceptors (Lipinski definition) is 8. The minimum absolute atomic E-state index is 0.216. The number of para-hydroxylation sites is 2. The summed E-state index contributed by atoms with van der Waals surface area (Å²) in [5.41, 5.74) is 0. The molecule has 2 unspecified atom stereocenters. The number of allylic oxidation sites excluding steroid dienone is 1. The number of ether oxygens (including phenoxy) is 2. The van der Waals surface area contributed by atoms with E-state index in [-0.39, 0.29) is 5.91 Å². The van der Waals surface area contributed by atoms with Gasteiger partial charge in [-0.2, -0.15) is 0 Å². The van der Waals surface area contributed by atoms with Gasteiger partial charge in [-0.3, -0.25) is 9.36 Å². The zero-order valence-corrected chi connectivity index (χ0v) is 18.7. The van der Waals surface area contributed by atoms with E-state index < -0.39 is 11.4 Å². The SMILES string of the molecule is C=CCn1c(SC(C)C(=O)Nc2cc(C)on2)nnc1C(C)Oc1ccccc1OC. The number of nitrogens with one attached hydrogen (secondary N) is 1. The van der Waals surface area contributed by atoms with Crippen LogP contribution < -0.4 is 14.8 Å². The Morgan fingerprint density at radius 1 is 1.32 bits per heavy atom. The molecule has 164 valence electrons. The minimum Gasteiger partial charge on any atom is -0.493 e. The van der Waals surface area contributed by atoms with Crippen molar-refractivity contribution in [2.24, 2.45) is 0 Å². The topological polar surface area (TPSA) is 104 Å². The number of benzene rings is 1. The maximum Gasteiger partial charge on any atom is 0.238 e. The lowest BCUT2D eigenvalue weighted by Crippen LogP contribution is -2.23. The Labute approximate surface area is 184 Å². The summed E-state index contributed by atoms with van der Waals surface area (Å²) < 4.78 is 18.3. The van der Waals surface area contributed by atoms with Crippen molar-refractivity contribution in [1.29, 1.82) is 0 Å². The van der Waals surface area contributed by atoms with E-state index in [0.717, 1.165) is 0 Å². The average molecular weight is 444 g/mol. The van der Waals surface area contributed by atoms with Crippen LogP contribution in [-0.4, -0.2) is 38.2 Å². The van der Waals surface area contributed by atoms with Crippen LogP contribution in [0.4, 0.5) is 5.82 Å². The summed E-state index contributed by atoms with van der Waals surface area (Å²) in [5, 5.41) is 15.2. The second-order valence-electron chi connectivity index (χ2n) is 6.72. The second kappa shape index (κ2) is 10.2. The molecular formula is C21H25N5O4S. The predicted molar refractivity (Wildman–Crippen MR) is 117 cm³/mol. The number of methoxy groups -OCH3 is 1. The van der Waals surface area contributed by atoms with E-state index in [1.54, 1.807) is 33.1 Å². The number of nitrogens with zero attached hydrogens (tertiary/aromatic N) is 4. The standard InChI is InChI=1S/C21H25N5O4S/c1-6-11-26-19(14(3)29-17-10-8-7-9-16(17)28-5)23-24-21(26)31-15(4)20(27)22-18-12-13(2)30-25-18/h6-10,12,14-15H,1,11H2,2-5H3,(H,22,25,27). The number of carbonyl (C=O) groups excluding carboxylic acids is 1.